The molecule has 0 aliphatic carbocycles. The van der Waals surface area contributed by atoms with Crippen molar-refractivity contribution in [1.29, 1.82) is 0 Å². The minimum absolute atomic E-state index is 0.0413. The van der Waals surface area contributed by atoms with Crippen LogP contribution in [0.1, 0.15) is 30.1 Å². The monoisotopic (exact) mass is 270 g/mol. The maximum atomic E-state index is 13.2. The van der Waals surface area contributed by atoms with Gasteiger partial charge >= 0.3 is 0 Å². The fraction of sp³-hybridized carbons (Fsp3) is 0.462. The van der Waals surface area contributed by atoms with E-state index < -0.39 is 23.1 Å². The number of benzene rings is 1. The van der Waals surface area contributed by atoms with Crippen molar-refractivity contribution < 1.29 is 18.7 Å². The van der Waals surface area contributed by atoms with Crippen molar-refractivity contribution >= 4 is 11.6 Å². The van der Waals surface area contributed by atoms with Crippen LogP contribution in [0.4, 0.5) is 14.5 Å². The Bertz CT molecular complexity index is 508. The quantitative estimate of drug-likeness (QED) is 0.761. The molecule has 0 radical (unpaired) electrons. The normalized spacial score (nSPS) is 18.4. The molecule has 0 bridgehead atoms. The molecule has 1 aliphatic rings. The summed E-state index contributed by atoms with van der Waals surface area (Å²) < 4.78 is 26.1. The Morgan fingerprint density at radius 2 is 1.84 bits per heavy atom. The molecular formula is C13H16F2N2O2. The van der Waals surface area contributed by atoms with Gasteiger partial charge in [0.2, 0.25) is 0 Å². The molecule has 0 saturated carbocycles. The summed E-state index contributed by atoms with van der Waals surface area (Å²) in [5.74, 6) is -2.61. The smallest absolute Gasteiger partial charge is 0.256 e. The summed E-state index contributed by atoms with van der Waals surface area (Å²) in [6, 6.07) is 1.63. The standard InChI is InChI=1S/C13H16F2N2O2/c1-13(19)2-4-17(5-3-13)12(18)8-6-9(14)10(15)7-11(8)16/h6-7,19H,2-5,16H2,1H3. The van der Waals surface area contributed by atoms with Crippen LogP contribution in [-0.4, -0.2) is 34.6 Å². The first-order valence-corrected chi connectivity index (χ1v) is 6.06. The molecule has 1 aliphatic heterocycles. The lowest BCUT2D eigenvalue weighted by Crippen LogP contribution is -2.45. The molecule has 0 atom stereocenters. The van der Waals surface area contributed by atoms with E-state index in [1.54, 1.807) is 6.92 Å². The van der Waals surface area contributed by atoms with Gasteiger partial charge in [-0.25, -0.2) is 8.78 Å². The molecule has 1 saturated heterocycles. The number of hydrogen-bond donors (Lipinski definition) is 2. The number of hydrogen-bond acceptors (Lipinski definition) is 3. The number of carbonyl (C=O) groups excluding carboxylic acids is 1. The lowest BCUT2D eigenvalue weighted by Gasteiger charge is -2.36. The highest BCUT2D eigenvalue weighted by molar-refractivity contribution is 5.99. The summed E-state index contributed by atoms with van der Waals surface area (Å²) in [6.45, 7) is 2.44. The summed E-state index contributed by atoms with van der Waals surface area (Å²) in [5.41, 5.74) is 4.64. The molecule has 1 aromatic rings. The van der Waals surface area contributed by atoms with Crippen molar-refractivity contribution in [2.24, 2.45) is 0 Å². The van der Waals surface area contributed by atoms with Gasteiger partial charge in [0.25, 0.3) is 5.91 Å². The van der Waals surface area contributed by atoms with Gasteiger partial charge < -0.3 is 15.7 Å². The molecule has 1 amide bonds. The maximum Gasteiger partial charge on any atom is 0.256 e. The molecule has 1 fully saturated rings. The van der Waals surface area contributed by atoms with Crippen LogP contribution in [-0.2, 0) is 0 Å². The van der Waals surface area contributed by atoms with E-state index >= 15 is 0 Å². The topological polar surface area (TPSA) is 66.6 Å². The summed E-state index contributed by atoms with van der Waals surface area (Å²) >= 11 is 0. The van der Waals surface area contributed by atoms with Crippen LogP contribution in [0.5, 0.6) is 0 Å². The molecule has 3 N–H and O–H groups in total. The van der Waals surface area contributed by atoms with Gasteiger partial charge in [-0.05, 0) is 25.8 Å². The van der Waals surface area contributed by atoms with E-state index in [1.165, 1.54) is 4.90 Å². The van der Waals surface area contributed by atoms with Crippen LogP contribution in [0.15, 0.2) is 12.1 Å². The van der Waals surface area contributed by atoms with Gasteiger partial charge in [-0.3, -0.25) is 4.79 Å². The zero-order valence-electron chi connectivity index (χ0n) is 10.6. The number of amides is 1. The van der Waals surface area contributed by atoms with Gasteiger partial charge in [-0.15, -0.1) is 0 Å². The van der Waals surface area contributed by atoms with Crippen LogP contribution in [0.25, 0.3) is 0 Å². The van der Waals surface area contributed by atoms with E-state index in [0.29, 0.717) is 25.9 Å². The number of rotatable bonds is 1. The number of anilines is 1. The average Bonchev–Trinajstić information content (AvgIpc) is 2.33. The predicted octanol–water partition coefficient (Wildman–Crippen LogP) is 1.53. The number of halogens is 2. The lowest BCUT2D eigenvalue weighted by molar-refractivity contribution is -0.00200. The predicted molar refractivity (Wildman–Crippen MR) is 66.5 cm³/mol. The first-order chi connectivity index (χ1) is 8.80. The third kappa shape index (κ3) is 2.84. The van der Waals surface area contributed by atoms with Crippen LogP contribution >= 0.6 is 0 Å². The van der Waals surface area contributed by atoms with Crippen LogP contribution < -0.4 is 5.73 Å². The third-order valence-electron chi connectivity index (χ3n) is 3.45. The lowest BCUT2D eigenvalue weighted by atomic mass is 9.93. The van der Waals surface area contributed by atoms with E-state index in [4.69, 9.17) is 5.73 Å². The zero-order valence-corrected chi connectivity index (χ0v) is 10.6. The second kappa shape index (κ2) is 4.77. The molecule has 1 aromatic carbocycles. The number of likely N-dealkylation sites (tertiary alicyclic amines) is 1. The summed E-state index contributed by atoms with van der Waals surface area (Å²) in [6.07, 6.45) is 0.893. The molecule has 0 spiro atoms. The molecular weight excluding hydrogens is 254 g/mol. The summed E-state index contributed by atoms with van der Waals surface area (Å²) in [4.78, 5) is 13.7. The first-order valence-electron chi connectivity index (χ1n) is 6.06. The van der Waals surface area contributed by atoms with Gasteiger partial charge in [0.05, 0.1) is 11.2 Å². The molecule has 104 valence electrons. The second-order valence-corrected chi connectivity index (χ2v) is 5.14. The van der Waals surface area contributed by atoms with E-state index in [1.807, 2.05) is 0 Å². The minimum Gasteiger partial charge on any atom is -0.398 e. The Kier molecular flexibility index (Phi) is 3.45. The third-order valence-corrected chi connectivity index (χ3v) is 3.45. The highest BCUT2D eigenvalue weighted by atomic mass is 19.2. The SMILES string of the molecule is CC1(O)CCN(C(=O)c2cc(F)c(F)cc2N)CC1. The highest BCUT2D eigenvalue weighted by Gasteiger charge is 2.30. The fourth-order valence-electron chi connectivity index (χ4n) is 2.11. The number of carbonyl (C=O) groups is 1. The number of nitrogens with two attached hydrogens (primary N) is 1. The molecule has 0 unspecified atom stereocenters. The first kappa shape index (κ1) is 13.7. The van der Waals surface area contributed by atoms with Gasteiger partial charge in [-0.1, -0.05) is 0 Å². The zero-order chi connectivity index (χ0) is 14.2. The highest BCUT2D eigenvalue weighted by Crippen LogP contribution is 2.24. The number of aliphatic hydroxyl groups is 1. The van der Waals surface area contributed by atoms with Crippen molar-refractivity contribution in [3.63, 3.8) is 0 Å². The van der Waals surface area contributed by atoms with Crippen LogP contribution in [0.2, 0.25) is 0 Å². The largest absolute Gasteiger partial charge is 0.398 e. The van der Waals surface area contributed by atoms with Gasteiger partial charge in [0.15, 0.2) is 11.6 Å². The molecule has 0 aromatic heterocycles. The number of nitrogens with zero attached hydrogens (tertiary/aromatic N) is 1. The van der Waals surface area contributed by atoms with Crippen molar-refractivity contribution in [3.8, 4) is 0 Å². The van der Waals surface area contributed by atoms with Crippen molar-refractivity contribution in [2.75, 3.05) is 18.8 Å². The van der Waals surface area contributed by atoms with Crippen molar-refractivity contribution in [1.82, 2.24) is 4.90 Å². The van der Waals surface area contributed by atoms with Gasteiger partial charge in [0.1, 0.15) is 0 Å². The average molecular weight is 270 g/mol. The fourth-order valence-corrected chi connectivity index (χ4v) is 2.11. The molecule has 2 rings (SSSR count). The van der Waals surface area contributed by atoms with E-state index in [9.17, 15) is 18.7 Å². The Labute approximate surface area is 109 Å². The Balaban J connectivity index is 2.19. The van der Waals surface area contributed by atoms with Crippen molar-refractivity contribution in [3.05, 3.63) is 29.3 Å². The molecule has 4 nitrogen and oxygen atoms in total. The van der Waals surface area contributed by atoms with Crippen LogP contribution in [0.3, 0.4) is 0 Å². The summed E-state index contributed by atoms with van der Waals surface area (Å²) in [5, 5.41) is 9.81. The molecule has 1 heterocycles. The maximum absolute atomic E-state index is 13.2. The van der Waals surface area contributed by atoms with Gasteiger partial charge in [-0.2, -0.15) is 0 Å². The van der Waals surface area contributed by atoms with E-state index in [2.05, 4.69) is 0 Å². The van der Waals surface area contributed by atoms with Crippen molar-refractivity contribution in [2.45, 2.75) is 25.4 Å². The minimum atomic E-state index is -1.10. The van der Waals surface area contributed by atoms with Crippen LogP contribution in [0, 0.1) is 11.6 Å². The number of nitrogen functional groups attached to an aromatic ring is 1. The number of piperidine rings is 1. The van der Waals surface area contributed by atoms with E-state index in [-0.39, 0.29) is 11.3 Å². The Morgan fingerprint density at radius 1 is 1.32 bits per heavy atom. The summed E-state index contributed by atoms with van der Waals surface area (Å²) in [7, 11) is 0. The molecule has 19 heavy (non-hydrogen) atoms. The van der Waals surface area contributed by atoms with E-state index in [0.717, 1.165) is 12.1 Å². The van der Waals surface area contributed by atoms with Gasteiger partial charge in [0, 0.05) is 24.8 Å². The second-order valence-electron chi connectivity index (χ2n) is 5.14. The molecule has 6 heteroatoms. The Hall–Kier alpha value is -1.69. The Morgan fingerprint density at radius 3 is 2.42 bits per heavy atom.